The monoisotopic (exact) mass is 537 g/mol. The van der Waals surface area contributed by atoms with Crippen LogP contribution in [0.15, 0.2) is 95.8 Å². The van der Waals surface area contributed by atoms with Crippen molar-refractivity contribution in [3.63, 3.8) is 0 Å². The Labute approximate surface area is 231 Å². The largest absolute Gasteiger partial charge is 0.497 e. The normalized spacial score (nSPS) is 10.9. The summed E-state index contributed by atoms with van der Waals surface area (Å²) in [6.07, 6.45) is 1.55. The van der Waals surface area contributed by atoms with Crippen LogP contribution < -0.4 is 15.6 Å². The lowest BCUT2D eigenvalue weighted by atomic mass is 10.0. The van der Waals surface area contributed by atoms with Gasteiger partial charge in [-0.2, -0.15) is 0 Å². The predicted octanol–water partition coefficient (Wildman–Crippen LogP) is 6.98. The molecule has 5 rings (SSSR count). The van der Waals surface area contributed by atoms with E-state index < -0.39 is 0 Å². The highest BCUT2D eigenvalue weighted by molar-refractivity contribution is 6.30. The summed E-state index contributed by atoms with van der Waals surface area (Å²) in [5.41, 5.74) is 4.65. The van der Waals surface area contributed by atoms with Crippen LogP contribution in [0.3, 0.4) is 0 Å². The molecule has 0 saturated carbocycles. The fourth-order valence-corrected chi connectivity index (χ4v) is 4.62. The number of halogens is 1. The number of nitrogens with zero attached hydrogens (tertiary/aromatic N) is 2. The summed E-state index contributed by atoms with van der Waals surface area (Å²) in [5.74, 6) is 1.15. The topological polar surface area (TPSA) is 73.2 Å². The highest BCUT2D eigenvalue weighted by Crippen LogP contribution is 2.23. The van der Waals surface area contributed by atoms with Crippen LogP contribution in [-0.2, 0) is 13.0 Å². The summed E-state index contributed by atoms with van der Waals surface area (Å²) >= 11 is 6.02. The number of ether oxygens (including phenoxy) is 1. The summed E-state index contributed by atoms with van der Waals surface area (Å²) in [5, 5.41) is 4.04. The van der Waals surface area contributed by atoms with E-state index in [2.05, 4.69) is 12.2 Å². The van der Waals surface area contributed by atoms with Crippen molar-refractivity contribution in [1.82, 2.24) is 9.55 Å². The Bertz CT molecular complexity index is 1680. The standard InChI is InChI=1S/C32H28ClN3O3/c1-3-4-30-35-29-18-15-26(34-31(37)24-11-16-27(39-2)17-12-24)19-28(29)32(38)36(30)20-21-5-7-22(8-6-21)23-9-13-25(33)14-10-23/h5-19H,3-4,20H2,1-2H3,(H,34,37). The third kappa shape index (κ3) is 5.86. The molecule has 0 radical (unpaired) electrons. The first kappa shape index (κ1) is 26.2. The molecule has 5 aromatic rings. The summed E-state index contributed by atoms with van der Waals surface area (Å²) < 4.78 is 6.89. The Morgan fingerprint density at radius 2 is 1.59 bits per heavy atom. The van der Waals surface area contributed by atoms with Crippen LogP contribution in [0.1, 0.15) is 35.1 Å². The van der Waals surface area contributed by atoms with Crippen molar-refractivity contribution in [2.75, 3.05) is 12.4 Å². The number of carbonyl (C=O) groups excluding carboxylic acids is 1. The van der Waals surface area contributed by atoms with Crippen molar-refractivity contribution >= 4 is 34.1 Å². The molecular formula is C32H28ClN3O3. The Hall–Kier alpha value is -4.42. The van der Waals surface area contributed by atoms with Crippen LogP contribution in [0.25, 0.3) is 22.0 Å². The van der Waals surface area contributed by atoms with Crippen LogP contribution in [0, 0.1) is 0 Å². The van der Waals surface area contributed by atoms with Gasteiger partial charge >= 0.3 is 0 Å². The van der Waals surface area contributed by atoms with E-state index in [9.17, 15) is 9.59 Å². The molecule has 6 nitrogen and oxygen atoms in total. The maximum absolute atomic E-state index is 13.7. The second-order valence-electron chi connectivity index (χ2n) is 9.29. The summed E-state index contributed by atoms with van der Waals surface area (Å²) in [4.78, 5) is 31.3. The molecule has 39 heavy (non-hydrogen) atoms. The molecule has 1 aromatic heterocycles. The number of anilines is 1. The number of amides is 1. The molecule has 0 aliphatic carbocycles. The first-order valence-electron chi connectivity index (χ1n) is 12.8. The first-order valence-corrected chi connectivity index (χ1v) is 13.2. The molecule has 1 N–H and O–H groups in total. The highest BCUT2D eigenvalue weighted by Gasteiger charge is 2.14. The lowest BCUT2D eigenvalue weighted by Gasteiger charge is -2.14. The molecular weight excluding hydrogens is 510 g/mol. The minimum Gasteiger partial charge on any atom is -0.497 e. The minimum absolute atomic E-state index is 0.134. The molecule has 0 spiro atoms. The van der Waals surface area contributed by atoms with Crippen molar-refractivity contribution in [3.8, 4) is 16.9 Å². The number of aryl methyl sites for hydroxylation is 1. The zero-order chi connectivity index (χ0) is 27.4. The minimum atomic E-state index is -0.270. The molecule has 0 aliphatic rings. The van der Waals surface area contributed by atoms with Crippen molar-refractivity contribution in [1.29, 1.82) is 0 Å². The molecule has 1 heterocycles. The van der Waals surface area contributed by atoms with E-state index in [4.69, 9.17) is 21.3 Å². The van der Waals surface area contributed by atoms with Gasteiger partial charge in [0.15, 0.2) is 0 Å². The van der Waals surface area contributed by atoms with Gasteiger partial charge in [0, 0.05) is 22.7 Å². The number of fused-ring (bicyclic) bond motifs is 1. The Morgan fingerprint density at radius 3 is 2.23 bits per heavy atom. The zero-order valence-electron chi connectivity index (χ0n) is 21.8. The molecule has 4 aromatic carbocycles. The van der Waals surface area contributed by atoms with Gasteiger partial charge in [0.25, 0.3) is 11.5 Å². The average Bonchev–Trinajstić information content (AvgIpc) is 2.96. The van der Waals surface area contributed by atoms with Gasteiger partial charge in [0.1, 0.15) is 11.6 Å². The predicted molar refractivity (Wildman–Crippen MR) is 157 cm³/mol. The Kier molecular flexibility index (Phi) is 7.75. The molecule has 7 heteroatoms. The molecule has 0 bridgehead atoms. The quantitative estimate of drug-likeness (QED) is 0.232. The molecule has 0 fully saturated rings. The lowest BCUT2D eigenvalue weighted by Crippen LogP contribution is -2.26. The number of hydrogen-bond donors (Lipinski definition) is 1. The third-order valence-corrected chi connectivity index (χ3v) is 6.84. The number of benzene rings is 4. The van der Waals surface area contributed by atoms with Gasteiger partial charge < -0.3 is 10.1 Å². The fraction of sp³-hybridized carbons (Fsp3) is 0.156. The fourth-order valence-electron chi connectivity index (χ4n) is 4.50. The molecule has 0 atom stereocenters. The van der Waals surface area contributed by atoms with Gasteiger partial charge in [-0.1, -0.05) is 54.9 Å². The summed E-state index contributed by atoms with van der Waals surface area (Å²) in [6.45, 7) is 2.47. The van der Waals surface area contributed by atoms with Crippen LogP contribution in [0.2, 0.25) is 5.02 Å². The highest BCUT2D eigenvalue weighted by atomic mass is 35.5. The maximum Gasteiger partial charge on any atom is 0.261 e. The second-order valence-corrected chi connectivity index (χ2v) is 9.72. The zero-order valence-corrected chi connectivity index (χ0v) is 22.5. The molecule has 196 valence electrons. The lowest BCUT2D eigenvalue weighted by molar-refractivity contribution is 0.102. The van der Waals surface area contributed by atoms with Crippen molar-refractivity contribution in [2.45, 2.75) is 26.3 Å². The second kappa shape index (κ2) is 11.5. The average molecular weight is 538 g/mol. The summed E-state index contributed by atoms with van der Waals surface area (Å²) in [6, 6.07) is 28.0. The van der Waals surface area contributed by atoms with Gasteiger partial charge in [-0.15, -0.1) is 0 Å². The van der Waals surface area contributed by atoms with Crippen LogP contribution in [-0.4, -0.2) is 22.6 Å². The Balaban J connectivity index is 1.44. The van der Waals surface area contributed by atoms with Crippen molar-refractivity contribution < 1.29 is 9.53 Å². The molecule has 0 saturated heterocycles. The molecule has 1 amide bonds. The van der Waals surface area contributed by atoms with E-state index in [1.54, 1.807) is 54.1 Å². The van der Waals surface area contributed by atoms with Gasteiger partial charge in [-0.05, 0) is 77.7 Å². The SMILES string of the molecule is CCCc1nc2ccc(NC(=O)c3ccc(OC)cc3)cc2c(=O)n1Cc1ccc(-c2ccc(Cl)cc2)cc1. The van der Waals surface area contributed by atoms with E-state index in [-0.39, 0.29) is 11.5 Å². The number of aromatic nitrogens is 2. The van der Waals surface area contributed by atoms with Crippen LogP contribution >= 0.6 is 11.6 Å². The van der Waals surface area contributed by atoms with E-state index >= 15 is 0 Å². The van der Waals surface area contributed by atoms with Gasteiger partial charge in [0.05, 0.1) is 24.6 Å². The third-order valence-electron chi connectivity index (χ3n) is 6.59. The number of rotatable bonds is 8. The molecule has 0 unspecified atom stereocenters. The Morgan fingerprint density at radius 1 is 0.923 bits per heavy atom. The number of nitrogens with one attached hydrogen (secondary N) is 1. The van der Waals surface area contributed by atoms with E-state index in [0.29, 0.717) is 45.9 Å². The van der Waals surface area contributed by atoms with Crippen LogP contribution in [0.5, 0.6) is 5.75 Å². The van der Waals surface area contributed by atoms with Crippen molar-refractivity contribution in [3.05, 3.63) is 123 Å². The number of methoxy groups -OCH3 is 1. The van der Waals surface area contributed by atoms with E-state index in [0.717, 1.165) is 28.9 Å². The number of carbonyl (C=O) groups is 1. The smallest absolute Gasteiger partial charge is 0.261 e. The van der Waals surface area contributed by atoms with Gasteiger partial charge in [-0.25, -0.2) is 4.98 Å². The maximum atomic E-state index is 13.7. The van der Waals surface area contributed by atoms with Gasteiger partial charge in [0.2, 0.25) is 0 Å². The summed E-state index contributed by atoms with van der Waals surface area (Å²) in [7, 11) is 1.58. The molecule has 0 aliphatic heterocycles. The van der Waals surface area contributed by atoms with Crippen molar-refractivity contribution in [2.24, 2.45) is 0 Å². The van der Waals surface area contributed by atoms with E-state index in [1.807, 2.05) is 48.5 Å². The van der Waals surface area contributed by atoms with Gasteiger partial charge in [-0.3, -0.25) is 14.2 Å². The van der Waals surface area contributed by atoms with Crippen LogP contribution in [0.4, 0.5) is 5.69 Å². The number of hydrogen-bond acceptors (Lipinski definition) is 4. The van der Waals surface area contributed by atoms with E-state index in [1.165, 1.54) is 0 Å². The first-order chi connectivity index (χ1) is 18.9.